The predicted octanol–water partition coefficient (Wildman–Crippen LogP) is 2.50. The summed E-state index contributed by atoms with van der Waals surface area (Å²) >= 11 is 0. The number of amides is 1. The number of hydrogen-bond acceptors (Lipinski definition) is 7. The summed E-state index contributed by atoms with van der Waals surface area (Å²) in [6.45, 7) is 4.06. The number of piperidine rings is 1. The first-order valence-corrected chi connectivity index (χ1v) is 11.6. The lowest BCUT2D eigenvalue weighted by atomic mass is 10.0. The summed E-state index contributed by atoms with van der Waals surface area (Å²) in [7, 11) is 5.37. The van der Waals surface area contributed by atoms with Gasteiger partial charge in [0, 0.05) is 38.3 Å². The highest BCUT2D eigenvalue weighted by Gasteiger charge is 2.31. The quantitative estimate of drug-likeness (QED) is 0.719. The zero-order valence-corrected chi connectivity index (χ0v) is 19.8. The van der Waals surface area contributed by atoms with Gasteiger partial charge in [-0.05, 0) is 56.6 Å². The summed E-state index contributed by atoms with van der Waals surface area (Å²) in [5.74, 6) is 2.05. The first kappa shape index (κ1) is 23.3. The zero-order chi connectivity index (χ0) is 23.4. The van der Waals surface area contributed by atoms with Gasteiger partial charge in [0.2, 0.25) is 0 Å². The molecule has 0 bridgehead atoms. The molecule has 0 unspecified atom stereocenters. The highest BCUT2D eigenvalue weighted by molar-refractivity contribution is 5.99. The van der Waals surface area contributed by atoms with Crippen molar-refractivity contribution in [2.75, 3.05) is 65.5 Å². The minimum atomic E-state index is -0.134. The second kappa shape index (κ2) is 10.4. The Kier molecular flexibility index (Phi) is 7.35. The fourth-order valence-corrected chi connectivity index (χ4v) is 4.65. The smallest absolute Gasteiger partial charge is 0.257 e. The average molecular weight is 455 g/mol. The number of anilines is 1. The van der Waals surface area contributed by atoms with Crippen LogP contribution in [0.3, 0.4) is 0 Å². The number of likely N-dealkylation sites (tertiary alicyclic amines) is 1. The van der Waals surface area contributed by atoms with Gasteiger partial charge in [-0.1, -0.05) is 0 Å². The monoisotopic (exact) mass is 454 g/mol. The van der Waals surface area contributed by atoms with E-state index in [1.807, 2.05) is 35.2 Å². The molecule has 1 N–H and O–H groups in total. The third kappa shape index (κ3) is 4.91. The van der Waals surface area contributed by atoms with Gasteiger partial charge in [0.05, 0.1) is 38.1 Å². The van der Waals surface area contributed by atoms with Crippen molar-refractivity contribution in [3.8, 4) is 22.8 Å². The molecular formula is C25H34N4O4. The Bertz CT molecular complexity index is 975. The second-order valence-electron chi connectivity index (χ2n) is 8.75. The maximum Gasteiger partial charge on any atom is 0.257 e. The number of ether oxygens (including phenoxy) is 2. The van der Waals surface area contributed by atoms with Crippen LogP contribution in [0, 0.1) is 0 Å². The molecule has 0 radical (unpaired) electrons. The molecule has 8 heteroatoms. The highest BCUT2D eigenvalue weighted by atomic mass is 16.5. The average Bonchev–Trinajstić information content (AvgIpc) is 2.88. The number of pyridine rings is 1. The summed E-state index contributed by atoms with van der Waals surface area (Å²) in [6, 6.07) is 9.24. The molecule has 178 valence electrons. The van der Waals surface area contributed by atoms with E-state index in [1.54, 1.807) is 14.2 Å². The Hall–Kier alpha value is -2.84. The van der Waals surface area contributed by atoms with Crippen LogP contribution in [0.5, 0.6) is 11.5 Å². The van der Waals surface area contributed by atoms with Gasteiger partial charge in [-0.3, -0.25) is 4.79 Å². The van der Waals surface area contributed by atoms with Crippen molar-refractivity contribution in [3.63, 3.8) is 0 Å². The Morgan fingerprint density at radius 3 is 2.55 bits per heavy atom. The van der Waals surface area contributed by atoms with Crippen LogP contribution in [0.4, 0.5) is 5.82 Å². The lowest BCUT2D eigenvalue weighted by Crippen LogP contribution is -2.48. The number of carbonyl (C=O) groups is 1. The van der Waals surface area contributed by atoms with E-state index >= 15 is 0 Å². The highest BCUT2D eigenvalue weighted by Crippen LogP contribution is 2.35. The van der Waals surface area contributed by atoms with E-state index in [-0.39, 0.29) is 18.6 Å². The fraction of sp³-hybridized carbons (Fsp3) is 0.520. The van der Waals surface area contributed by atoms with Crippen molar-refractivity contribution in [2.24, 2.45) is 0 Å². The maximum atomic E-state index is 13.7. The number of benzene rings is 1. The molecule has 2 aliphatic rings. The van der Waals surface area contributed by atoms with E-state index in [4.69, 9.17) is 14.5 Å². The molecule has 1 aromatic carbocycles. The van der Waals surface area contributed by atoms with E-state index in [1.165, 1.54) is 0 Å². The number of nitrogens with zero attached hydrogens (tertiary/aromatic N) is 4. The summed E-state index contributed by atoms with van der Waals surface area (Å²) in [5, 5.41) is 9.85. The Labute approximate surface area is 195 Å². The van der Waals surface area contributed by atoms with Crippen LogP contribution in [0.15, 0.2) is 30.3 Å². The molecule has 0 aliphatic carbocycles. The number of piperazine rings is 1. The van der Waals surface area contributed by atoms with Crippen LogP contribution in [0.25, 0.3) is 11.3 Å². The molecule has 2 aliphatic heterocycles. The molecular weight excluding hydrogens is 420 g/mol. The SMILES string of the molecule is COc1ccc(OC)c(-c2ccc(C(=O)N3CCCC[C@@H]3CO)c(N3CCN(C)CC3)n2)c1. The minimum absolute atomic E-state index is 0.0118. The lowest BCUT2D eigenvalue weighted by Gasteiger charge is -2.37. The number of carbonyl (C=O) groups excluding carboxylic acids is 1. The molecule has 1 atom stereocenters. The molecule has 1 aromatic heterocycles. The number of likely N-dealkylation sites (N-methyl/N-ethyl adjacent to an activating group) is 1. The summed E-state index contributed by atoms with van der Waals surface area (Å²) in [4.78, 5) is 25.0. The van der Waals surface area contributed by atoms with Crippen molar-refractivity contribution < 1.29 is 19.4 Å². The molecule has 3 heterocycles. The number of aliphatic hydroxyl groups is 1. The normalized spacial score (nSPS) is 19.5. The first-order chi connectivity index (χ1) is 16.0. The van der Waals surface area contributed by atoms with Crippen molar-refractivity contribution in [1.82, 2.24) is 14.8 Å². The Balaban J connectivity index is 1.77. The third-order valence-corrected chi connectivity index (χ3v) is 6.69. The van der Waals surface area contributed by atoms with Crippen LogP contribution in [-0.2, 0) is 0 Å². The van der Waals surface area contributed by atoms with Crippen LogP contribution >= 0.6 is 0 Å². The number of methoxy groups -OCH3 is 2. The van der Waals surface area contributed by atoms with Gasteiger partial charge >= 0.3 is 0 Å². The largest absolute Gasteiger partial charge is 0.497 e. The van der Waals surface area contributed by atoms with Gasteiger partial charge in [-0.15, -0.1) is 0 Å². The van der Waals surface area contributed by atoms with Crippen molar-refractivity contribution >= 4 is 11.7 Å². The van der Waals surface area contributed by atoms with E-state index in [2.05, 4.69) is 16.8 Å². The molecule has 33 heavy (non-hydrogen) atoms. The molecule has 4 rings (SSSR count). The number of hydrogen-bond donors (Lipinski definition) is 1. The molecule has 1 amide bonds. The van der Waals surface area contributed by atoms with Gasteiger partial charge in [0.1, 0.15) is 17.3 Å². The molecule has 2 saturated heterocycles. The summed E-state index contributed by atoms with van der Waals surface area (Å²) in [6.07, 6.45) is 2.82. The van der Waals surface area contributed by atoms with Crippen molar-refractivity contribution in [1.29, 1.82) is 0 Å². The van der Waals surface area contributed by atoms with Crippen LogP contribution in [0.2, 0.25) is 0 Å². The van der Waals surface area contributed by atoms with E-state index in [9.17, 15) is 9.90 Å². The standard InChI is InChI=1S/C25H34N4O4/c1-27-12-14-28(15-13-27)24-20(25(31)29-11-5-4-6-18(29)17-30)8-9-22(26-24)21-16-19(32-2)7-10-23(21)33-3/h7-10,16,18,30H,4-6,11-15,17H2,1-3H3/t18-/m1/s1. The Morgan fingerprint density at radius 1 is 1.06 bits per heavy atom. The van der Waals surface area contributed by atoms with E-state index in [0.29, 0.717) is 29.4 Å². The van der Waals surface area contributed by atoms with Gasteiger partial charge in [-0.2, -0.15) is 0 Å². The van der Waals surface area contributed by atoms with Crippen LogP contribution in [-0.4, -0.2) is 92.4 Å². The molecule has 8 nitrogen and oxygen atoms in total. The zero-order valence-electron chi connectivity index (χ0n) is 19.8. The lowest BCUT2D eigenvalue weighted by molar-refractivity contribution is 0.0503. The third-order valence-electron chi connectivity index (χ3n) is 6.69. The number of aliphatic hydroxyl groups excluding tert-OH is 1. The van der Waals surface area contributed by atoms with Gasteiger partial charge in [0.25, 0.3) is 5.91 Å². The first-order valence-electron chi connectivity index (χ1n) is 11.6. The topological polar surface area (TPSA) is 78.4 Å². The fourth-order valence-electron chi connectivity index (χ4n) is 4.65. The molecule has 2 aromatic rings. The van der Waals surface area contributed by atoms with Gasteiger partial charge in [0.15, 0.2) is 0 Å². The number of rotatable bonds is 6. The maximum absolute atomic E-state index is 13.7. The van der Waals surface area contributed by atoms with Crippen molar-refractivity contribution in [3.05, 3.63) is 35.9 Å². The number of aromatic nitrogens is 1. The van der Waals surface area contributed by atoms with E-state index < -0.39 is 0 Å². The van der Waals surface area contributed by atoms with Gasteiger partial charge in [-0.25, -0.2) is 4.98 Å². The van der Waals surface area contributed by atoms with Gasteiger partial charge < -0.3 is 29.3 Å². The predicted molar refractivity (Wildman–Crippen MR) is 128 cm³/mol. The van der Waals surface area contributed by atoms with E-state index in [0.717, 1.165) is 56.7 Å². The molecule has 0 spiro atoms. The van der Waals surface area contributed by atoms with Crippen LogP contribution in [0.1, 0.15) is 29.6 Å². The minimum Gasteiger partial charge on any atom is -0.497 e. The summed E-state index contributed by atoms with van der Waals surface area (Å²) in [5.41, 5.74) is 2.14. The molecule has 2 fully saturated rings. The molecule has 0 saturated carbocycles. The van der Waals surface area contributed by atoms with Crippen LogP contribution < -0.4 is 14.4 Å². The Morgan fingerprint density at radius 2 is 1.85 bits per heavy atom. The summed E-state index contributed by atoms with van der Waals surface area (Å²) < 4.78 is 11.0. The second-order valence-corrected chi connectivity index (χ2v) is 8.75. The van der Waals surface area contributed by atoms with Crippen molar-refractivity contribution in [2.45, 2.75) is 25.3 Å².